The first kappa shape index (κ1) is 17.7. The van der Waals surface area contributed by atoms with Gasteiger partial charge in [-0.1, -0.05) is 46.0 Å². The van der Waals surface area contributed by atoms with Crippen LogP contribution >= 0.6 is 34.8 Å². The summed E-state index contributed by atoms with van der Waals surface area (Å²) in [6.07, 6.45) is 0. The second-order valence-corrected chi connectivity index (χ2v) is 6.24. The van der Waals surface area contributed by atoms with Crippen LogP contribution in [0.2, 0.25) is 15.1 Å². The predicted octanol–water partition coefficient (Wildman–Crippen LogP) is 5.97. The number of aromatic nitrogens is 1. The van der Waals surface area contributed by atoms with Crippen LogP contribution in [-0.4, -0.2) is 11.1 Å². The van der Waals surface area contributed by atoms with E-state index < -0.39 is 11.8 Å². The van der Waals surface area contributed by atoms with Gasteiger partial charge in [0.2, 0.25) is 0 Å². The minimum absolute atomic E-state index is 0.00451. The fraction of sp³-hybridized carbons (Fsp3) is 0.0588. The van der Waals surface area contributed by atoms with Gasteiger partial charge in [0.05, 0.1) is 15.1 Å². The van der Waals surface area contributed by atoms with E-state index in [0.717, 1.165) is 12.1 Å². The Morgan fingerprint density at radius 1 is 1.12 bits per heavy atom. The van der Waals surface area contributed by atoms with Crippen molar-refractivity contribution in [1.82, 2.24) is 5.16 Å². The summed E-state index contributed by atoms with van der Waals surface area (Å²) in [7, 11) is 0. The molecule has 0 atom stereocenters. The molecule has 4 nitrogen and oxygen atoms in total. The average Bonchev–Trinajstić information content (AvgIpc) is 2.91. The highest BCUT2D eigenvalue weighted by Gasteiger charge is 2.26. The van der Waals surface area contributed by atoms with Gasteiger partial charge in [0.15, 0.2) is 0 Å². The fourth-order valence-corrected chi connectivity index (χ4v) is 3.00. The first-order valence-electron chi connectivity index (χ1n) is 6.96. The van der Waals surface area contributed by atoms with E-state index in [-0.39, 0.29) is 27.8 Å². The van der Waals surface area contributed by atoms with Crippen LogP contribution < -0.4 is 4.74 Å². The Morgan fingerprint density at radius 2 is 1.80 bits per heavy atom. The van der Waals surface area contributed by atoms with Crippen molar-refractivity contribution in [2.45, 2.75) is 6.92 Å². The SMILES string of the molecule is Cc1onc(-c2c(Cl)cccc2Cl)c1C(=O)Oc1ccc(F)cc1Cl. The third kappa shape index (κ3) is 3.49. The van der Waals surface area contributed by atoms with E-state index in [0.29, 0.717) is 15.6 Å². The van der Waals surface area contributed by atoms with Gasteiger partial charge >= 0.3 is 5.97 Å². The molecule has 0 saturated carbocycles. The minimum atomic E-state index is -0.779. The number of carbonyl (C=O) groups is 1. The Morgan fingerprint density at radius 3 is 2.44 bits per heavy atom. The van der Waals surface area contributed by atoms with Crippen molar-refractivity contribution in [2.75, 3.05) is 0 Å². The van der Waals surface area contributed by atoms with Crippen LogP contribution in [0.15, 0.2) is 40.9 Å². The highest BCUT2D eigenvalue weighted by Crippen LogP contribution is 2.37. The summed E-state index contributed by atoms with van der Waals surface area (Å²) < 4.78 is 23.5. The maximum absolute atomic E-state index is 13.1. The molecule has 0 radical (unpaired) electrons. The maximum Gasteiger partial charge on any atom is 0.349 e. The molecule has 8 heteroatoms. The van der Waals surface area contributed by atoms with E-state index in [1.807, 2.05) is 0 Å². The highest BCUT2D eigenvalue weighted by atomic mass is 35.5. The van der Waals surface area contributed by atoms with E-state index in [4.69, 9.17) is 44.1 Å². The average molecular weight is 401 g/mol. The lowest BCUT2D eigenvalue weighted by molar-refractivity contribution is 0.0733. The number of benzene rings is 2. The summed E-state index contributed by atoms with van der Waals surface area (Å²) in [4.78, 5) is 12.6. The van der Waals surface area contributed by atoms with Gasteiger partial charge in [-0.3, -0.25) is 0 Å². The summed E-state index contributed by atoms with van der Waals surface area (Å²) in [6, 6.07) is 8.30. The van der Waals surface area contributed by atoms with Gasteiger partial charge in [-0.25, -0.2) is 9.18 Å². The Bertz CT molecular complexity index is 952. The Balaban J connectivity index is 2.03. The number of carbonyl (C=O) groups excluding carboxylic acids is 1. The zero-order valence-electron chi connectivity index (χ0n) is 12.6. The molecule has 3 rings (SSSR count). The highest BCUT2D eigenvalue weighted by molar-refractivity contribution is 6.39. The van der Waals surface area contributed by atoms with Crippen molar-refractivity contribution < 1.29 is 18.4 Å². The van der Waals surface area contributed by atoms with Crippen molar-refractivity contribution in [1.29, 1.82) is 0 Å². The van der Waals surface area contributed by atoms with Gasteiger partial charge in [-0.2, -0.15) is 0 Å². The van der Waals surface area contributed by atoms with Gasteiger partial charge in [0, 0.05) is 5.56 Å². The van der Waals surface area contributed by atoms with Crippen LogP contribution in [0.4, 0.5) is 4.39 Å². The first-order chi connectivity index (χ1) is 11.9. The van der Waals surface area contributed by atoms with E-state index in [1.165, 1.54) is 6.07 Å². The van der Waals surface area contributed by atoms with Gasteiger partial charge in [-0.05, 0) is 37.3 Å². The van der Waals surface area contributed by atoms with E-state index >= 15 is 0 Å². The molecular formula is C17H9Cl3FNO3. The predicted molar refractivity (Wildman–Crippen MR) is 93.1 cm³/mol. The number of hydrogen-bond acceptors (Lipinski definition) is 4. The number of halogens is 4. The number of esters is 1. The molecule has 0 fully saturated rings. The molecule has 2 aromatic carbocycles. The van der Waals surface area contributed by atoms with E-state index in [9.17, 15) is 9.18 Å². The largest absolute Gasteiger partial charge is 0.421 e. The van der Waals surface area contributed by atoms with Gasteiger partial charge in [0.25, 0.3) is 0 Å². The van der Waals surface area contributed by atoms with Gasteiger partial charge in [-0.15, -0.1) is 0 Å². The molecule has 25 heavy (non-hydrogen) atoms. The van der Waals surface area contributed by atoms with Gasteiger partial charge in [0.1, 0.15) is 28.6 Å². The molecule has 0 spiro atoms. The third-order valence-corrected chi connectivity index (χ3v) is 4.29. The Kier molecular flexibility index (Phi) is 4.99. The number of hydrogen-bond donors (Lipinski definition) is 0. The standard InChI is InChI=1S/C17H9Cl3FNO3/c1-8-14(17(23)24-13-6-5-9(21)7-12(13)20)16(22-25-8)15-10(18)3-2-4-11(15)19/h2-7H,1H3. The number of aryl methyl sites for hydroxylation is 1. The monoisotopic (exact) mass is 399 g/mol. The molecule has 0 N–H and O–H groups in total. The summed E-state index contributed by atoms with van der Waals surface area (Å²) in [5, 5.41) is 4.43. The second kappa shape index (κ2) is 7.04. The lowest BCUT2D eigenvalue weighted by Gasteiger charge is -2.08. The van der Waals surface area contributed by atoms with Crippen LogP contribution in [-0.2, 0) is 0 Å². The van der Waals surface area contributed by atoms with Crippen molar-refractivity contribution in [2.24, 2.45) is 0 Å². The van der Waals surface area contributed by atoms with E-state index in [1.54, 1.807) is 25.1 Å². The van der Waals surface area contributed by atoms with Gasteiger partial charge < -0.3 is 9.26 Å². The zero-order chi connectivity index (χ0) is 18.1. The number of nitrogens with zero attached hydrogens (tertiary/aromatic N) is 1. The third-order valence-electron chi connectivity index (χ3n) is 3.36. The molecular weight excluding hydrogens is 392 g/mol. The topological polar surface area (TPSA) is 52.3 Å². The van der Waals surface area contributed by atoms with Crippen LogP contribution in [0.3, 0.4) is 0 Å². The van der Waals surface area contributed by atoms with Crippen LogP contribution in [0.5, 0.6) is 5.75 Å². The normalized spacial score (nSPS) is 10.8. The molecule has 0 amide bonds. The molecule has 0 aliphatic carbocycles. The molecule has 1 heterocycles. The molecule has 3 aromatic rings. The minimum Gasteiger partial charge on any atom is -0.421 e. The molecule has 0 aliphatic rings. The quantitative estimate of drug-likeness (QED) is 0.401. The van der Waals surface area contributed by atoms with Crippen molar-refractivity contribution in [3.63, 3.8) is 0 Å². The summed E-state index contributed by atoms with van der Waals surface area (Å²) in [5.74, 6) is -1.10. The summed E-state index contributed by atoms with van der Waals surface area (Å²) in [5.41, 5.74) is 0.548. The molecule has 0 unspecified atom stereocenters. The second-order valence-electron chi connectivity index (χ2n) is 5.02. The van der Waals surface area contributed by atoms with Crippen LogP contribution in [0, 0.1) is 12.7 Å². The van der Waals surface area contributed by atoms with Crippen molar-refractivity contribution in [3.8, 4) is 17.0 Å². The maximum atomic E-state index is 13.1. The summed E-state index contributed by atoms with van der Waals surface area (Å²) in [6.45, 7) is 1.55. The molecule has 0 aliphatic heterocycles. The molecule has 0 bridgehead atoms. The lowest BCUT2D eigenvalue weighted by Crippen LogP contribution is -2.11. The number of ether oxygens (including phenoxy) is 1. The number of rotatable bonds is 3. The molecule has 128 valence electrons. The van der Waals surface area contributed by atoms with Crippen molar-refractivity contribution in [3.05, 3.63) is 68.6 Å². The fourth-order valence-electron chi connectivity index (χ4n) is 2.22. The van der Waals surface area contributed by atoms with E-state index in [2.05, 4.69) is 5.16 Å². The Labute approximate surface area is 157 Å². The molecule has 0 saturated heterocycles. The lowest BCUT2D eigenvalue weighted by atomic mass is 10.1. The first-order valence-corrected chi connectivity index (χ1v) is 8.09. The van der Waals surface area contributed by atoms with Crippen LogP contribution in [0.1, 0.15) is 16.1 Å². The van der Waals surface area contributed by atoms with Crippen molar-refractivity contribution >= 4 is 40.8 Å². The summed E-state index contributed by atoms with van der Waals surface area (Å²) >= 11 is 18.2. The Hall–Kier alpha value is -2.08. The zero-order valence-corrected chi connectivity index (χ0v) is 14.9. The molecule has 1 aromatic heterocycles. The van der Waals surface area contributed by atoms with Crippen LogP contribution in [0.25, 0.3) is 11.3 Å². The smallest absolute Gasteiger partial charge is 0.349 e.